The molecule has 26 heavy (non-hydrogen) atoms. The minimum absolute atomic E-state index is 0.192. The monoisotopic (exact) mass is 364 g/mol. The highest BCUT2D eigenvalue weighted by Crippen LogP contribution is 2.21. The van der Waals surface area contributed by atoms with Crippen molar-refractivity contribution in [1.29, 1.82) is 0 Å². The molecule has 4 rings (SSSR count). The van der Waals surface area contributed by atoms with Crippen LogP contribution in [0.15, 0.2) is 60.8 Å². The number of carbonyl (C=O) groups is 1. The predicted molar refractivity (Wildman–Crippen MR) is 99.7 cm³/mol. The van der Waals surface area contributed by atoms with E-state index in [4.69, 9.17) is 4.74 Å². The Morgan fingerprint density at radius 1 is 1.12 bits per heavy atom. The quantitative estimate of drug-likeness (QED) is 0.584. The number of amides is 1. The molecule has 0 saturated carbocycles. The maximum atomic E-state index is 12.3. The number of nitrogens with one attached hydrogen (secondary N) is 1. The lowest BCUT2D eigenvalue weighted by Gasteiger charge is -2.07. The predicted octanol–water partition coefficient (Wildman–Crippen LogP) is 3.82. The van der Waals surface area contributed by atoms with Crippen molar-refractivity contribution < 1.29 is 9.53 Å². The summed E-state index contributed by atoms with van der Waals surface area (Å²) < 4.78 is 7.44. The van der Waals surface area contributed by atoms with Gasteiger partial charge in [0.05, 0.1) is 6.20 Å². The Balaban J connectivity index is 1.37. The van der Waals surface area contributed by atoms with Crippen molar-refractivity contribution in [2.75, 3.05) is 0 Å². The zero-order valence-corrected chi connectivity index (χ0v) is 14.9. The third kappa shape index (κ3) is 3.43. The minimum atomic E-state index is -0.192. The molecule has 0 saturated heterocycles. The average molecular weight is 364 g/mol. The molecule has 0 aliphatic carbocycles. The second-order valence-electron chi connectivity index (χ2n) is 5.70. The standard InChI is InChI=1S/C19H16N4O2S/c1-13-20-12-17-23(13)22-19(26-17)18(24)21-11-14-7-9-16(10-8-14)25-15-5-3-2-4-6-15/h2-10,12H,11H2,1H3,(H,21,24). The average Bonchev–Trinajstić information content (AvgIpc) is 3.24. The van der Waals surface area contributed by atoms with Crippen LogP contribution in [-0.2, 0) is 6.54 Å². The van der Waals surface area contributed by atoms with Gasteiger partial charge in [-0.3, -0.25) is 4.79 Å². The van der Waals surface area contributed by atoms with Crippen molar-refractivity contribution >= 4 is 22.1 Å². The van der Waals surface area contributed by atoms with Gasteiger partial charge in [-0.05, 0) is 36.8 Å². The van der Waals surface area contributed by atoms with Gasteiger partial charge in [0.1, 0.15) is 22.2 Å². The molecule has 2 aromatic heterocycles. The molecule has 130 valence electrons. The highest BCUT2D eigenvalue weighted by molar-refractivity contribution is 7.18. The lowest BCUT2D eigenvalue weighted by atomic mass is 10.2. The molecule has 2 heterocycles. The molecule has 2 aromatic carbocycles. The van der Waals surface area contributed by atoms with Gasteiger partial charge in [-0.15, -0.1) is 5.10 Å². The lowest BCUT2D eigenvalue weighted by molar-refractivity contribution is 0.0949. The van der Waals surface area contributed by atoms with Crippen LogP contribution in [0.5, 0.6) is 11.5 Å². The number of rotatable bonds is 5. The van der Waals surface area contributed by atoms with E-state index in [1.165, 1.54) is 11.3 Å². The summed E-state index contributed by atoms with van der Waals surface area (Å²) >= 11 is 1.32. The van der Waals surface area contributed by atoms with Crippen LogP contribution in [0.2, 0.25) is 0 Å². The van der Waals surface area contributed by atoms with Crippen LogP contribution in [0.4, 0.5) is 0 Å². The van der Waals surface area contributed by atoms with Crippen molar-refractivity contribution in [3.05, 3.63) is 77.2 Å². The van der Waals surface area contributed by atoms with E-state index in [1.807, 2.05) is 61.5 Å². The molecule has 1 N–H and O–H groups in total. The first-order valence-electron chi connectivity index (χ1n) is 8.10. The van der Waals surface area contributed by atoms with E-state index in [9.17, 15) is 4.79 Å². The van der Waals surface area contributed by atoms with Crippen LogP contribution < -0.4 is 10.1 Å². The first-order chi connectivity index (χ1) is 12.7. The fraction of sp³-hybridized carbons (Fsp3) is 0.105. The molecule has 0 aliphatic rings. The number of para-hydroxylation sites is 1. The normalized spacial score (nSPS) is 10.8. The molecule has 7 heteroatoms. The summed E-state index contributed by atoms with van der Waals surface area (Å²) in [6.07, 6.45) is 1.72. The number of benzene rings is 2. The first-order valence-corrected chi connectivity index (χ1v) is 8.92. The van der Waals surface area contributed by atoms with Gasteiger partial charge in [0.15, 0.2) is 0 Å². The Bertz CT molecular complexity index is 1040. The van der Waals surface area contributed by atoms with E-state index in [2.05, 4.69) is 15.4 Å². The maximum absolute atomic E-state index is 12.3. The van der Waals surface area contributed by atoms with Crippen LogP contribution in [0.1, 0.15) is 21.2 Å². The van der Waals surface area contributed by atoms with Gasteiger partial charge in [0.2, 0.25) is 5.01 Å². The van der Waals surface area contributed by atoms with Crippen molar-refractivity contribution in [2.24, 2.45) is 0 Å². The van der Waals surface area contributed by atoms with Gasteiger partial charge < -0.3 is 10.1 Å². The first kappa shape index (κ1) is 16.3. The summed E-state index contributed by atoms with van der Waals surface area (Å²) in [6, 6.07) is 17.2. The Kier molecular flexibility index (Phi) is 4.37. The molecule has 0 aliphatic heterocycles. The van der Waals surface area contributed by atoms with Crippen molar-refractivity contribution in [2.45, 2.75) is 13.5 Å². The highest BCUT2D eigenvalue weighted by Gasteiger charge is 2.13. The summed E-state index contributed by atoms with van der Waals surface area (Å²) in [5.41, 5.74) is 0.986. The number of aryl methyl sites for hydroxylation is 1. The Morgan fingerprint density at radius 3 is 2.58 bits per heavy atom. The zero-order chi connectivity index (χ0) is 17.9. The SMILES string of the molecule is Cc1ncc2sc(C(=O)NCc3ccc(Oc4ccccc4)cc3)nn12. The number of fused-ring (bicyclic) bond motifs is 1. The van der Waals surface area contributed by atoms with Crippen LogP contribution in [0.25, 0.3) is 4.83 Å². The van der Waals surface area contributed by atoms with Crippen molar-refractivity contribution in [3.8, 4) is 11.5 Å². The number of hydrogen-bond donors (Lipinski definition) is 1. The topological polar surface area (TPSA) is 68.5 Å². The number of carbonyl (C=O) groups excluding carboxylic acids is 1. The van der Waals surface area contributed by atoms with Gasteiger partial charge in [-0.2, -0.15) is 0 Å². The van der Waals surface area contributed by atoms with Gasteiger partial charge in [-0.1, -0.05) is 41.7 Å². The lowest BCUT2D eigenvalue weighted by Crippen LogP contribution is -2.22. The van der Waals surface area contributed by atoms with E-state index in [1.54, 1.807) is 10.7 Å². The van der Waals surface area contributed by atoms with Crippen LogP contribution >= 0.6 is 11.3 Å². The van der Waals surface area contributed by atoms with Gasteiger partial charge in [-0.25, -0.2) is 9.50 Å². The van der Waals surface area contributed by atoms with Crippen LogP contribution in [0.3, 0.4) is 0 Å². The minimum Gasteiger partial charge on any atom is -0.457 e. The second-order valence-corrected chi connectivity index (χ2v) is 6.71. The third-order valence-corrected chi connectivity index (χ3v) is 4.77. The molecule has 0 bridgehead atoms. The Morgan fingerprint density at radius 2 is 1.85 bits per heavy atom. The molecule has 6 nitrogen and oxygen atoms in total. The number of hydrogen-bond acceptors (Lipinski definition) is 5. The largest absolute Gasteiger partial charge is 0.457 e. The van der Waals surface area contributed by atoms with E-state index in [0.717, 1.165) is 27.7 Å². The van der Waals surface area contributed by atoms with E-state index in [-0.39, 0.29) is 5.91 Å². The number of aromatic nitrogens is 3. The van der Waals surface area contributed by atoms with E-state index >= 15 is 0 Å². The molecule has 4 aromatic rings. The van der Waals surface area contributed by atoms with Crippen LogP contribution in [0, 0.1) is 6.92 Å². The van der Waals surface area contributed by atoms with Gasteiger partial charge in [0, 0.05) is 6.54 Å². The molecule has 0 radical (unpaired) electrons. The van der Waals surface area contributed by atoms with Crippen molar-refractivity contribution in [3.63, 3.8) is 0 Å². The molecule has 0 unspecified atom stereocenters. The fourth-order valence-electron chi connectivity index (χ4n) is 2.47. The highest BCUT2D eigenvalue weighted by atomic mass is 32.1. The number of imidazole rings is 1. The Labute approximate surface area is 154 Å². The van der Waals surface area contributed by atoms with E-state index in [0.29, 0.717) is 11.6 Å². The van der Waals surface area contributed by atoms with Gasteiger partial charge >= 0.3 is 0 Å². The molecular formula is C19H16N4O2S. The smallest absolute Gasteiger partial charge is 0.282 e. The molecule has 0 fully saturated rings. The number of ether oxygens (including phenoxy) is 1. The van der Waals surface area contributed by atoms with Crippen molar-refractivity contribution in [1.82, 2.24) is 19.9 Å². The zero-order valence-electron chi connectivity index (χ0n) is 14.0. The summed E-state index contributed by atoms with van der Waals surface area (Å²) in [7, 11) is 0. The fourth-order valence-corrected chi connectivity index (χ4v) is 3.32. The molecule has 0 atom stereocenters. The second kappa shape index (κ2) is 6.97. The number of nitrogens with zero attached hydrogens (tertiary/aromatic N) is 3. The summed E-state index contributed by atoms with van der Waals surface area (Å²) in [5, 5.41) is 7.60. The van der Waals surface area contributed by atoms with Gasteiger partial charge in [0.25, 0.3) is 5.91 Å². The maximum Gasteiger partial charge on any atom is 0.282 e. The molecular weight excluding hydrogens is 348 g/mol. The Hall–Kier alpha value is -3.19. The molecule has 0 spiro atoms. The van der Waals surface area contributed by atoms with E-state index < -0.39 is 0 Å². The molecule has 1 amide bonds. The summed E-state index contributed by atoms with van der Waals surface area (Å²) in [6.45, 7) is 2.28. The third-order valence-electron chi connectivity index (χ3n) is 3.82. The summed E-state index contributed by atoms with van der Waals surface area (Å²) in [5.74, 6) is 2.12. The summed E-state index contributed by atoms with van der Waals surface area (Å²) in [4.78, 5) is 17.3. The van der Waals surface area contributed by atoms with Crippen LogP contribution in [-0.4, -0.2) is 20.5 Å².